The molecule has 1 N–H and O–H groups in total. The highest BCUT2D eigenvalue weighted by molar-refractivity contribution is 5.28. The van der Waals surface area contributed by atoms with E-state index >= 15 is 0 Å². The summed E-state index contributed by atoms with van der Waals surface area (Å²) in [6.45, 7) is 4.08. The third-order valence-corrected chi connectivity index (χ3v) is 4.06. The Bertz CT molecular complexity index is 397. The highest BCUT2D eigenvalue weighted by atomic mass is 16.5. The Morgan fingerprint density at radius 2 is 2.42 bits per heavy atom. The quantitative estimate of drug-likeness (QED) is 0.854. The molecule has 1 aliphatic rings. The number of likely N-dealkylation sites (tertiary alicyclic amines) is 1. The number of nitrogens with one attached hydrogen (secondary N) is 1. The summed E-state index contributed by atoms with van der Waals surface area (Å²) in [7, 11) is 4.15. The normalized spacial score (nSPS) is 21.5. The SMILES string of the molecule is CNC(C)c1cccnc1OCCC1CCCN1C. The summed E-state index contributed by atoms with van der Waals surface area (Å²) in [6, 6.07) is 4.97. The van der Waals surface area contributed by atoms with Gasteiger partial charge in [0.2, 0.25) is 5.88 Å². The molecule has 1 fully saturated rings. The van der Waals surface area contributed by atoms with Crippen LogP contribution in [0.15, 0.2) is 18.3 Å². The van der Waals surface area contributed by atoms with Gasteiger partial charge < -0.3 is 15.0 Å². The first-order valence-corrected chi connectivity index (χ1v) is 7.17. The molecule has 2 atom stereocenters. The van der Waals surface area contributed by atoms with Crippen LogP contribution in [0.4, 0.5) is 0 Å². The van der Waals surface area contributed by atoms with Crippen LogP contribution in [0.1, 0.15) is 37.8 Å². The Balaban J connectivity index is 1.88. The van der Waals surface area contributed by atoms with Gasteiger partial charge in [-0.05, 0) is 52.9 Å². The number of pyridine rings is 1. The Morgan fingerprint density at radius 1 is 1.58 bits per heavy atom. The van der Waals surface area contributed by atoms with E-state index in [4.69, 9.17) is 4.74 Å². The molecule has 0 bridgehead atoms. The van der Waals surface area contributed by atoms with E-state index in [1.54, 1.807) is 6.20 Å². The molecule has 0 aliphatic carbocycles. The second-order valence-electron chi connectivity index (χ2n) is 5.32. The van der Waals surface area contributed by atoms with E-state index < -0.39 is 0 Å². The van der Waals surface area contributed by atoms with Gasteiger partial charge in [0.15, 0.2) is 0 Å². The average Bonchev–Trinajstić information content (AvgIpc) is 2.84. The fraction of sp³-hybridized carbons (Fsp3) is 0.667. The zero-order valence-electron chi connectivity index (χ0n) is 12.2. The molecule has 1 saturated heterocycles. The maximum Gasteiger partial charge on any atom is 0.218 e. The lowest BCUT2D eigenvalue weighted by Crippen LogP contribution is -2.26. The fourth-order valence-corrected chi connectivity index (χ4v) is 2.64. The van der Waals surface area contributed by atoms with Gasteiger partial charge in [0, 0.05) is 23.8 Å². The molecule has 4 nitrogen and oxygen atoms in total. The Hall–Kier alpha value is -1.13. The Labute approximate surface area is 116 Å². The minimum atomic E-state index is 0.262. The lowest BCUT2D eigenvalue weighted by Gasteiger charge is -2.20. The number of nitrogens with zero attached hydrogens (tertiary/aromatic N) is 2. The van der Waals surface area contributed by atoms with Crippen LogP contribution in [0, 0.1) is 0 Å². The van der Waals surface area contributed by atoms with Gasteiger partial charge in [0.1, 0.15) is 0 Å². The number of hydrogen-bond donors (Lipinski definition) is 1. The molecule has 0 amide bonds. The molecule has 2 unspecified atom stereocenters. The molecule has 106 valence electrons. The van der Waals surface area contributed by atoms with Crippen molar-refractivity contribution >= 4 is 0 Å². The maximum absolute atomic E-state index is 5.89. The van der Waals surface area contributed by atoms with Crippen LogP contribution in [-0.4, -0.2) is 43.2 Å². The van der Waals surface area contributed by atoms with Gasteiger partial charge in [0.05, 0.1) is 6.61 Å². The molecular formula is C15H25N3O. The minimum Gasteiger partial charge on any atom is -0.477 e. The molecule has 1 aromatic heterocycles. The average molecular weight is 263 g/mol. The Morgan fingerprint density at radius 3 is 3.11 bits per heavy atom. The topological polar surface area (TPSA) is 37.4 Å². The zero-order valence-corrected chi connectivity index (χ0v) is 12.2. The largest absolute Gasteiger partial charge is 0.477 e. The van der Waals surface area contributed by atoms with Crippen molar-refractivity contribution in [3.05, 3.63) is 23.9 Å². The van der Waals surface area contributed by atoms with E-state index in [1.165, 1.54) is 19.4 Å². The van der Waals surface area contributed by atoms with Gasteiger partial charge in [0.25, 0.3) is 0 Å². The Kier molecular flexibility index (Phi) is 5.16. The molecule has 0 saturated carbocycles. The molecule has 0 radical (unpaired) electrons. The van der Waals surface area contributed by atoms with Gasteiger partial charge in [-0.2, -0.15) is 0 Å². The minimum absolute atomic E-state index is 0.262. The zero-order chi connectivity index (χ0) is 13.7. The predicted molar refractivity (Wildman–Crippen MR) is 77.5 cm³/mol. The second kappa shape index (κ2) is 6.87. The summed E-state index contributed by atoms with van der Waals surface area (Å²) in [5.41, 5.74) is 1.13. The van der Waals surface area contributed by atoms with Crippen molar-refractivity contribution in [3.63, 3.8) is 0 Å². The molecule has 19 heavy (non-hydrogen) atoms. The van der Waals surface area contributed by atoms with E-state index in [9.17, 15) is 0 Å². The standard InChI is InChI=1S/C15H25N3O/c1-12(16-2)14-7-4-9-17-15(14)19-11-8-13-6-5-10-18(13)3/h4,7,9,12-13,16H,5-6,8,10-11H2,1-3H3. The fourth-order valence-electron chi connectivity index (χ4n) is 2.64. The molecular weight excluding hydrogens is 238 g/mol. The third-order valence-electron chi connectivity index (χ3n) is 4.06. The van der Waals surface area contributed by atoms with Crippen molar-refractivity contribution in [2.24, 2.45) is 0 Å². The molecule has 2 rings (SSSR count). The van der Waals surface area contributed by atoms with Crippen LogP contribution in [0.3, 0.4) is 0 Å². The third kappa shape index (κ3) is 3.67. The first-order valence-electron chi connectivity index (χ1n) is 7.17. The van der Waals surface area contributed by atoms with Crippen molar-refractivity contribution in [3.8, 4) is 5.88 Å². The van der Waals surface area contributed by atoms with Crippen LogP contribution in [-0.2, 0) is 0 Å². The lowest BCUT2D eigenvalue weighted by molar-refractivity contribution is 0.226. The summed E-state index contributed by atoms with van der Waals surface area (Å²) in [4.78, 5) is 6.78. The van der Waals surface area contributed by atoms with Crippen molar-refractivity contribution < 1.29 is 4.74 Å². The monoisotopic (exact) mass is 263 g/mol. The molecule has 0 spiro atoms. The first kappa shape index (κ1) is 14.3. The summed E-state index contributed by atoms with van der Waals surface area (Å²) < 4.78 is 5.89. The van der Waals surface area contributed by atoms with Crippen LogP contribution in [0.2, 0.25) is 0 Å². The number of ether oxygens (including phenoxy) is 1. The van der Waals surface area contributed by atoms with Crippen molar-refractivity contribution in [2.75, 3.05) is 27.2 Å². The highest BCUT2D eigenvalue weighted by Crippen LogP contribution is 2.23. The van der Waals surface area contributed by atoms with Crippen LogP contribution < -0.4 is 10.1 Å². The summed E-state index contributed by atoms with van der Waals surface area (Å²) >= 11 is 0. The molecule has 0 aromatic carbocycles. The van der Waals surface area contributed by atoms with Gasteiger partial charge >= 0.3 is 0 Å². The second-order valence-corrected chi connectivity index (χ2v) is 5.32. The van der Waals surface area contributed by atoms with E-state index in [0.29, 0.717) is 6.04 Å². The van der Waals surface area contributed by atoms with Crippen LogP contribution in [0.5, 0.6) is 5.88 Å². The lowest BCUT2D eigenvalue weighted by atomic mass is 10.1. The molecule has 1 aromatic rings. The molecule has 4 heteroatoms. The smallest absolute Gasteiger partial charge is 0.218 e. The number of hydrogen-bond acceptors (Lipinski definition) is 4. The van der Waals surface area contributed by atoms with Crippen LogP contribution >= 0.6 is 0 Å². The molecule has 1 aliphatic heterocycles. The van der Waals surface area contributed by atoms with Gasteiger partial charge in [-0.1, -0.05) is 6.07 Å². The van der Waals surface area contributed by atoms with Crippen molar-refractivity contribution in [1.29, 1.82) is 0 Å². The number of aromatic nitrogens is 1. The van der Waals surface area contributed by atoms with Crippen molar-refractivity contribution in [1.82, 2.24) is 15.2 Å². The van der Waals surface area contributed by atoms with Gasteiger partial charge in [-0.25, -0.2) is 4.98 Å². The first-order chi connectivity index (χ1) is 9.22. The molecule has 2 heterocycles. The van der Waals surface area contributed by atoms with E-state index in [0.717, 1.165) is 24.5 Å². The van der Waals surface area contributed by atoms with Crippen molar-refractivity contribution in [2.45, 2.75) is 38.3 Å². The van der Waals surface area contributed by atoms with E-state index in [-0.39, 0.29) is 6.04 Å². The van der Waals surface area contributed by atoms with E-state index in [1.807, 2.05) is 13.1 Å². The van der Waals surface area contributed by atoms with Crippen LogP contribution in [0.25, 0.3) is 0 Å². The summed E-state index contributed by atoms with van der Waals surface area (Å²) in [6.07, 6.45) is 5.48. The van der Waals surface area contributed by atoms with E-state index in [2.05, 4.69) is 35.2 Å². The highest BCUT2D eigenvalue weighted by Gasteiger charge is 2.20. The predicted octanol–water partition coefficient (Wildman–Crippen LogP) is 2.23. The number of rotatable bonds is 6. The summed E-state index contributed by atoms with van der Waals surface area (Å²) in [5.74, 6) is 0.769. The van der Waals surface area contributed by atoms with Gasteiger partial charge in [-0.3, -0.25) is 0 Å². The van der Waals surface area contributed by atoms with Gasteiger partial charge in [-0.15, -0.1) is 0 Å². The maximum atomic E-state index is 5.89. The summed E-state index contributed by atoms with van der Waals surface area (Å²) in [5, 5.41) is 3.23.